The van der Waals surface area contributed by atoms with E-state index in [0.717, 1.165) is 5.56 Å². The van der Waals surface area contributed by atoms with Crippen LogP contribution >= 0.6 is 0 Å². The number of nitrogens with zero attached hydrogens (tertiary/aromatic N) is 4. The highest BCUT2D eigenvalue weighted by molar-refractivity contribution is 5.94. The minimum absolute atomic E-state index is 0.00470. The van der Waals surface area contributed by atoms with E-state index in [9.17, 15) is 28.8 Å². The Hall–Kier alpha value is -6.16. The van der Waals surface area contributed by atoms with Crippen molar-refractivity contribution >= 4 is 47.3 Å². The third-order valence-corrected chi connectivity index (χ3v) is 12.8. The number of benzene rings is 2. The van der Waals surface area contributed by atoms with E-state index in [-0.39, 0.29) is 101 Å². The predicted molar refractivity (Wildman–Crippen MR) is 279 cm³/mol. The molecule has 0 radical (unpaired) electrons. The number of nitrogens with two attached hydrogens (primary N) is 7. The molecule has 21 nitrogen and oxygen atoms in total. The molecule has 1 heterocycles. The van der Waals surface area contributed by atoms with Crippen LogP contribution in [0.3, 0.4) is 0 Å². The summed E-state index contributed by atoms with van der Waals surface area (Å²) in [5, 5.41) is 8.67. The Kier molecular flexibility index (Phi) is 25.6. The van der Waals surface area contributed by atoms with E-state index >= 15 is 4.79 Å². The maximum atomic E-state index is 15.1. The number of nitrogens with one attached hydrogen (secondary N) is 3. The van der Waals surface area contributed by atoms with Crippen LogP contribution in [0.5, 0.6) is 0 Å². The van der Waals surface area contributed by atoms with Crippen LogP contribution in [0.15, 0.2) is 53.5 Å². The quantitative estimate of drug-likeness (QED) is 0.0378. The second kappa shape index (κ2) is 30.7. The standard InChI is InChI=1S/C51H84N14O7/c1-6-33(4)43(62-47(69)40(55)18-12-20-59-51(57)58)50(72)63-21-13-23-64(48(70)41(25-32(2)3)60-45(67)34(5)53)30-36-26-37(28-38(27-36)44(56)66)31-65(24-14-22-63)49(71)42(29-35-15-8-7-9-16-35)61-46(68)39(54)17-10-11-19-52/h7-9,15-16,26-28,32-34,39-43H,6,10-14,17-25,29-31,52-55H2,1-5H3,(H2,56,66)(H,60,67)(H,61,68)(H,62,69)(H4,57,58,59)/t33-,34-,39-,40-,41-,42-,43-/m0/s1. The number of amides is 7. The number of unbranched alkanes of at least 4 members (excludes halogenated alkanes) is 1. The van der Waals surface area contributed by atoms with Crippen molar-refractivity contribution in [1.29, 1.82) is 0 Å². The maximum Gasteiger partial charge on any atom is 0.248 e. The van der Waals surface area contributed by atoms with E-state index < -0.39 is 71.7 Å². The molecule has 400 valence electrons. The molecule has 2 aromatic rings. The predicted octanol–water partition coefficient (Wildman–Crippen LogP) is 0.0388. The van der Waals surface area contributed by atoms with Crippen LogP contribution in [0, 0.1) is 11.8 Å². The zero-order chi connectivity index (χ0) is 53.5. The van der Waals surface area contributed by atoms with Gasteiger partial charge in [0.25, 0.3) is 0 Å². The van der Waals surface area contributed by atoms with Crippen molar-refractivity contribution in [1.82, 2.24) is 30.7 Å². The van der Waals surface area contributed by atoms with Gasteiger partial charge in [0.15, 0.2) is 5.96 Å². The fraction of sp³-hybridized carbons (Fsp3) is 0.608. The van der Waals surface area contributed by atoms with Gasteiger partial charge in [0.05, 0.1) is 18.1 Å². The first-order valence-electron chi connectivity index (χ1n) is 25.4. The number of carbonyl (C=O) groups is 7. The minimum Gasteiger partial charge on any atom is -0.370 e. The number of hydrogen-bond acceptors (Lipinski definition) is 12. The number of hydrogen-bond donors (Lipinski definition) is 10. The van der Waals surface area contributed by atoms with E-state index in [1.165, 1.54) is 6.92 Å². The van der Waals surface area contributed by atoms with Crippen LogP contribution in [0.1, 0.15) is 119 Å². The SMILES string of the molecule is CC[C@H](C)[C@H](NC(=O)[C@@H](N)CCCN=C(N)N)C(=O)N1CCCN(C(=O)[C@H](CC(C)C)NC(=O)[C@H](C)N)Cc2cc(cc(C(N)=O)c2)CN(C(=O)[C@H](Cc2ccccc2)NC(=O)[C@@H](N)CCCCN)CCC1. The summed E-state index contributed by atoms with van der Waals surface area (Å²) in [7, 11) is 0. The molecule has 1 aliphatic rings. The zero-order valence-corrected chi connectivity index (χ0v) is 43.2. The van der Waals surface area contributed by atoms with Crippen LogP contribution in [0.25, 0.3) is 0 Å². The number of primary amides is 1. The van der Waals surface area contributed by atoms with E-state index in [4.69, 9.17) is 40.1 Å². The first-order chi connectivity index (χ1) is 34.1. The van der Waals surface area contributed by atoms with E-state index in [1.807, 2.05) is 58.0 Å². The number of fused-ring (bicyclic) bond motifs is 2. The molecular formula is C51H84N14O7. The molecule has 0 spiro atoms. The number of guanidine groups is 1. The van der Waals surface area contributed by atoms with Crippen molar-refractivity contribution in [3.63, 3.8) is 0 Å². The van der Waals surface area contributed by atoms with Gasteiger partial charge in [-0.25, -0.2) is 0 Å². The minimum atomic E-state index is -1.07. The topological polar surface area (TPSA) is 360 Å². The number of carbonyl (C=O) groups excluding carboxylic acids is 7. The van der Waals surface area contributed by atoms with Crippen molar-refractivity contribution in [3.05, 3.63) is 70.8 Å². The van der Waals surface area contributed by atoms with Crippen LogP contribution < -0.4 is 56.1 Å². The Labute approximate surface area is 425 Å². The maximum absolute atomic E-state index is 15.1. The summed E-state index contributed by atoms with van der Waals surface area (Å²) in [5.41, 5.74) is 43.1. The summed E-state index contributed by atoms with van der Waals surface area (Å²) < 4.78 is 0. The highest BCUT2D eigenvalue weighted by Crippen LogP contribution is 2.21. The molecule has 0 saturated heterocycles. The Morgan fingerprint density at radius 2 is 1.18 bits per heavy atom. The van der Waals surface area contributed by atoms with Crippen molar-refractivity contribution < 1.29 is 33.6 Å². The van der Waals surface area contributed by atoms with E-state index in [2.05, 4.69) is 20.9 Å². The zero-order valence-electron chi connectivity index (χ0n) is 43.2. The normalized spacial score (nSPS) is 16.4. The summed E-state index contributed by atoms with van der Waals surface area (Å²) in [5.74, 6) is -3.84. The molecule has 2 aromatic carbocycles. The largest absolute Gasteiger partial charge is 0.370 e. The highest BCUT2D eigenvalue weighted by Gasteiger charge is 2.34. The molecule has 7 amide bonds. The van der Waals surface area contributed by atoms with Gasteiger partial charge in [-0.3, -0.25) is 38.6 Å². The average Bonchev–Trinajstić information content (AvgIpc) is 3.33. The van der Waals surface area contributed by atoms with Gasteiger partial charge in [-0.15, -0.1) is 0 Å². The molecule has 21 heteroatoms. The summed E-state index contributed by atoms with van der Waals surface area (Å²) >= 11 is 0. The lowest BCUT2D eigenvalue weighted by atomic mass is 9.96. The molecule has 1 aliphatic heterocycles. The van der Waals surface area contributed by atoms with Crippen LogP contribution in [0.2, 0.25) is 0 Å². The molecule has 17 N–H and O–H groups in total. The first-order valence-corrected chi connectivity index (χ1v) is 25.4. The molecule has 0 unspecified atom stereocenters. The molecule has 0 aromatic heterocycles. The van der Waals surface area contributed by atoms with Crippen LogP contribution in [0.4, 0.5) is 0 Å². The van der Waals surface area contributed by atoms with Crippen LogP contribution in [-0.2, 0) is 48.3 Å². The molecule has 0 aliphatic carbocycles. The Morgan fingerprint density at radius 3 is 1.69 bits per heavy atom. The second-order valence-corrected chi connectivity index (χ2v) is 19.5. The molecular weight excluding hydrogens is 921 g/mol. The number of rotatable bonds is 24. The van der Waals surface area contributed by atoms with Gasteiger partial charge in [0, 0.05) is 57.8 Å². The molecule has 2 bridgehead atoms. The smallest absolute Gasteiger partial charge is 0.248 e. The third kappa shape index (κ3) is 20.2. The van der Waals surface area contributed by atoms with Crippen molar-refractivity contribution in [2.45, 2.75) is 148 Å². The van der Waals surface area contributed by atoms with E-state index in [1.54, 1.807) is 32.9 Å². The lowest BCUT2D eigenvalue weighted by Crippen LogP contribution is -2.56. The fourth-order valence-electron chi connectivity index (χ4n) is 8.50. The third-order valence-electron chi connectivity index (χ3n) is 12.8. The monoisotopic (exact) mass is 1000 g/mol. The second-order valence-electron chi connectivity index (χ2n) is 19.5. The summed E-state index contributed by atoms with van der Waals surface area (Å²) in [6.07, 6.45) is 3.85. The molecule has 7 atom stereocenters. The Balaban J connectivity index is 2.18. The summed E-state index contributed by atoms with van der Waals surface area (Å²) in [6, 6.07) is 8.50. The van der Waals surface area contributed by atoms with Gasteiger partial charge in [-0.05, 0) is 99.1 Å². The van der Waals surface area contributed by atoms with Gasteiger partial charge in [-0.1, -0.05) is 76.9 Å². The lowest BCUT2D eigenvalue weighted by Gasteiger charge is -2.34. The van der Waals surface area contributed by atoms with Crippen molar-refractivity contribution in [2.75, 3.05) is 39.3 Å². The van der Waals surface area contributed by atoms with Gasteiger partial charge >= 0.3 is 0 Å². The van der Waals surface area contributed by atoms with Gasteiger partial charge in [0.2, 0.25) is 41.4 Å². The first kappa shape index (κ1) is 60.1. The summed E-state index contributed by atoms with van der Waals surface area (Å²) in [6.45, 7) is 10.3. The number of aliphatic imine (C=N–C) groups is 1. The van der Waals surface area contributed by atoms with Crippen LogP contribution in [-0.4, -0.2) is 138 Å². The molecule has 0 fully saturated rings. The van der Waals surface area contributed by atoms with E-state index in [0.29, 0.717) is 56.2 Å². The van der Waals surface area contributed by atoms with Gasteiger partial charge in [0.1, 0.15) is 18.1 Å². The molecule has 0 saturated carbocycles. The summed E-state index contributed by atoms with van der Waals surface area (Å²) in [4.78, 5) is 107. The fourth-order valence-corrected chi connectivity index (χ4v) is 8.50. The average molecular weight is 1010 g/mol. The van der Waals surface area contributed by atoms with Gasteiger partial charge in [-0.2, -0.15) is 0 Å². The molecule has 72 heavy (non-hydrogen) atoms. The Bertz CT molecular complexity index is 2120. The Morgan fingerprint density at radius 1 is 0.653 bits per heavy atom. The lowest BCUT2D eigenvalue weighted by molar-refractivity contribution is -0.139. The highest BCUT2D eigenvalue weighted by atomic mass is 16.2. The molecule has 3 rings (SSSR count). The van der Waals surface area contributed by atoms with Gasteiger partial charge < -0.3 is 70.8 Å². The van der Waals surface area contributed by atoms with Crippen molar-refractivity contribution in [2.24, 2.45) is 57.0 Å². The van der Waals surface area contributed by atoms with Crippen molar-refractivity contribution in [3.8, 4) is 0 Å².